The maximum atomic E-state index is 13.2. The number of halogens is 2. The summed E-state index contributed by atoms with van der Waals surface area (Å²) in [5.74, 6) is 1.47. The molecule has 1 aliphatic carbocycles. The number of aromatic nitrogens is 1. The minimum atomic E-state index is 0.0343. The van der Waals surface area contributed by atoms with Crippen molar-refractivity contribution in [1.29, 1.82) is 0 Å². The molecule has 36 heavy (non-hydrogen) atoms. The summed E-state index contributed by atoms with van der Waals surface area (Å²) >= 11 is 16.8. The summed E-state index contributed by atoms with van der Waals surface area (Å²) in [6.45, 7) is 2.08. The Hall–Kier alpha value is -1.80. The first-order valence-electron chi connectivity index (χ1n) is 12.4. The number of carbonyl (C=O) groups is 1. The van der Waals surface area contributed by atoms with Crippen LogP contribution in [0.3, 0.4) is 0 Å². The second-order valence-corrected chi connectivity index (χ2v) is 12.3. The number of ether oxygens (including phenoxy) is 1. The first kappa shape index (κ1) is 25.8. The number of thioether (sulfide) groups is 1. The fourth-order valence-corrected chi connectivity index (χ4v) is 6.87. The van der Waals surface area contributed by atoms with Gasteiger partial charge in [0.05, 0.1) is 16.5 Å². The minimum Gasteiger partial charge on any atom is -0.492 e. The minimum absolute atomic E-state index is 0.0343. The number of amides is 1. The third kappa shape index (κ3) is 5.85. The number of nitrogens with zero attached hydrogens (tertiary/aromatic N) is 2. The summed E-state index contributed by atoms with van der Waals surface area (Å²) in [6.07, 6.45) is 11.2. The largest absolute Gasteiger partial charge is 0.492 e. The van der Waals surface area contributed by atoms with Gasteiger partial charge in [-0.2, -0.15) is 0 Å². The number of rotatable bonds is 9. The summed E-state index contributed by atoms with van der Waals surface area (Å²) in [5, 5.41) is 1.73. The van der Waals surface area contributed by atoms with Gasteiger partial charge >= 0.3 is 0 Å². The zero-order chi connectivity index (χ0) is 25.1. The van der Waals surface area contributed by atoms with E-state index in [9.17, 15) is 4.79 Å². The molecule has 1 saturated carbocycles. The molecular formula is C28H28BrClN2O2S2. The Balaban J connectivity index is 1.30. The number of aryl methyl sites for hydroxylation is 1. The summed E-state index contributed by atoms with van der Waals surface area (Å²) in [7, 11) is 0. The molecular weight excluding hydrogens is 576 g/mol. The number of para-hydroxylation sites is 1. The molecule has 2 heterocycles. The van der Waals surface area contributed by atoms with Gasteiger partial charge in [0, 0.05) is 40.2 Å². The maximum Gasteiger partial charge on any atom is 0.266 e. The lowest BCUT2D eigenvalue weighted by atomic mass is 10.0. The predicted octanol–water partition coefficient (Wildman–Crippen LogP) is 8.31. The highest BCUT2D eigenvalue weighted by Crippen LogP contribution is 2.36. The summed E-state index contributed by atoms with van der Waals surface area (Å²) in [6, 6.07) is 13.8. The Morgan fingerprint density at radius 1 is 1.17 bits per heavy atom. The third-order valence-corrected chi connectivity index (χ3v) is 9.09. The average Bonchev–Trinajstić information content (AvgIpc) is 3.56. The van der Waals surface area contributed by atoms with Gasteiger partial charge in [0.1, 0.15) is 10.1 Å². The molecule has 1 amide bonds. The van der Waals surface area contributed by atoms with Crippen LogP contribution < -0.4 is 4.74 Å². The fourth-order valence-electron chi connectivity index (χ4n) is 5.02. The van der Waals surface area contributed by atoms with E-state index < -0.39 is 0 Å². The van der Waals surface area contributed by atoms with E-state index in [4.69, 9.17) is 28.6 Å². The van der Waals surface area contributed by atoms with E-state index in [0.29, 0.717) is 26.6 Å². The molecule has 0 N–H and O–H groups in total. The molecule has 0 bridgehead atoms. The van der Waals surface area contributed by atoms with Crippen molar-refractivity contribution in [3.8, 4) is 5.75 Å². The van der Waals surface area contributed by atoms with Crippen molar-refractivity contribution >= 4 is 78.7 Å². The average molecular weight is 604 g/mol. The molecule has 2 aliphatic rings. The van der Waals surface area contributed by atoms with Crippen LogP contribution in [0.4, 0.5) is 0 Å². The van der Waals surface area contributed by atoms with E-state index >= 15 is 0 Å². The van der Waals surface area contributed by atoms with Crippen molar-refractivity contribution in [2.75, 3.05) is 13.2 Å². The van der Waals surface area contributed by atoms with Gasteiger partial charge in [-0.05, 0) is 55.2 Å². The number of benzene rings is 2. The zero-order valence-electron chi connectivity index (χ0n) is 19.9. The van der Waals surface area contributed by atoms with Crippen LogP contribution in [0.5, 0.6) is 5.75 Å². The summed E-state index contributed by atoms with van der Waals surface area (Å²) in [5.41, 5.74) is 2.15. The highest BCUT2D eigenvalue weighted by atomic mass is 79.9. The monoisotopic (exact) mass is 602 g/mol. The Morgan fingerprint density at radius 2 is 1.97 bits per heavy atom. The first-order valence-corrected chi connectivity index (χ1v) is 14.8. The molecule has 5 rings (SSSR count). The molecule has 2 fully saturated rings. The van der Waals surface area contributed by atoms with Gasteiger partial charge in [-0.1, -0.05) is 89.3 Å². The number of fused-ring (bicyclic) bond motifs is 1. The van der Waals surface area contributed by atoms with Crippen LogP contribution >= 0.6 is 51.5 Å². The molecule has 1 aromatic heterocycles. The van der Waals surface area contributed by atoms with Crippen LogP contribution in [0.1, 0.15) is 44.1 Å². The van der Waals surface area contributed by atoms with Crippen LogP contribution in [0, 0.1) is 5.92 Å². The standard InChI is InChI=1S/C28H28BrClN2O2S2/c29-21-10-11-24-22(17-21)20(18-31(24)13-5-15-34-25-9-4-3-8-23(25)30)16-26-27(33)32(28(35)36-26)14-12-19-6-1-2-7-19/h3-4,8-11,16-19H,1-2,5-7,12-15H2/b26-16-. The number of hydrogen-bond acceptors (Lipinski definition) is 4. The molecule has 3 aromatic rings. The van der Waals surface area contributed by atoms with Gasteiger partial charge in [0.2, 0.25) is 0 Å². The van der Waals surface area contributed by atoms with Crippen LogP contribution in [0.2, 0.25) is 5.02 Å². The number of hydrogen-bond donors (Lipinski definition) is 0. The first-order chi connectivity index (χ1) is 17.5. The second-order valence-electron chi connectivity index (χ2n) is 9.34. The molecule has 8 heteroatoms. The highest BCUT2D eigenvalue weighted by Gasteiger charge is 2.32. The van der Waals surface area contributed by atoms with Crippen LogP contribution in [-0.4, -0.2) is 32.8 Å². The lowest BCUT2D eigenvalue weighted by Gasteiger charge is -2.17. The van der Waals surface area contributed by atoms with Crippen LogP contribution in [-0.2, 0) is 11.3 Å². The number of thiocarbonyl (C=S) groups is 1. The summed E-state index contributed by atoms with van der Waals surface area (Å²) < 4.78 is 9.78. The van der Waals surface area contributed by atoms with Crippen molar-refractivity contribution in [2.24, 2.45) is 5.92 Å². The molecule has 1 saturated heterocycles. The van der Waals surface area contributed by atoms with Gasteiger partial charge in [-0.3, -0.25) is 9.69 Å². The Bertz CT molecular complexity index is 1320. The lowest BCUT2D eigenvalue weighted by molar-refractivity contribution is -0.122. The smallest absolute Gasteiger partial charge is 0.266 e. The van der Waals surface area contributed by atoms with E-state index in [1.807, 2.05) is 36.4 Å². The SMILES string of the molecule is O=C1/C(=C/c2cn(CCCOc3ccccc3Cl)c3ccc(Br)cc23)SC(=S)N1CCC1CCCC1. The molecule has 0 atom stereocenters. The van der Waals surface area contributed by atoms with Gasteiger partial charge in [0.25, 0.3) is 5.91 Å². The maximum absolute atomic E-state index is 13.2. The molecule has 0 radical (unpaired) electrons. The van der Waals surface area contributed by atoms with Gasteiger partial charge < -0.3 is 9.30 Å². The highest BCUT2D eigenvalue weighted by molar-refractivity contribution is 9.10. The van der Waals surface area contributed by atoms with Crippen molar-refractivity contribution in [1.82, 2.24) is 9.47 Å². The molecule has 0 spiro atoms. The Labute approximate surface area is 235 Å². The fraction of sp³-hybridized carbons (Fsp3) is 0.357. The van der Waals surface area contributed by atoms with Crippen molar-refractivity contribution in [2.45, 2.75) is 45.1 Å². The van der Waals surface area contributed by atoms with Gasteiger partial charge in [0.15, 0.2) is 0 Å². The Morgan fingerprint density at radius 3 is 2.78 bits per heavy atom. The van der Waals surface area contributed by atoms with Gasteiger partial charge in [-0.15, -0.1) is 0 Å². The van der Waals surface area contributed by atoms with Crippen LogP contribution in [0.25, 0.3) is 17.0 Å². The molecule has 188 valence electrons. The Kier molecular flexibility index (Phi) is 8.41. The van der Waals surface area contributed by atoms with Crippen molar-refractivity contribution in [3.05, 3.63) is 68.6 Å². The number of carbonyl (C=O) groups excluding carboxylic acids is 1. The summed E-state index contributed by atoms with van der Waals surface area (Å²) in [4.78, 5) is 15.7. The van der Waals surface area contributed by atoms with Gasteiger partial charge in [-0.25, -0.2) is 0 Å². The van der Waals surface area contributed by atoms with Crippen molar-refractivity contribution < 1.29 is 9.53 Å². The quantitative estimate of drug-likeness (QED) is 0.140. The topological polar surface area (TPSA) is 34.5 Å². The zero-order valence-corrected chi connectivity index (χ0v) is 23.9. The normalized spacial score (nSPS) is 17.7. The van der Waals surface area contributed by atoms with Crippen LogP contribution in [0.15, 0.2) is 58.0 Å². The van der Waals surface area contributed by atoms with E-state index in [-0.39, 0.29) is 5.91 Å². The molecule has 0 unspecified atom stereocenters. The third-order valence-electron chi connectivity index (χ3n) is 6.91. The molecule has 2 aromatic carbocycles. The second kappa shape index (κ2) is 11.7. The van der Waals surface area contributed by atoms with E-state index in [1.54, 1.807) is 4.90 Å². The van der Waals surface area contributed by atoms with E-state index in [1.165, 1.54) is 37.4 Å². The lowest BCUT2D eigenvalue weighted by Crippen LogP contribution is -2.30. The molecule has 1 aliphatic heterocycles. The molecule has 4 nitrogen and oxygen atoms in total. The predicted molar refractivity (Wildman–Crippen MR) is 158 cm³/mol. The van der Waals surface area contributed by atoms with E-state index in [0.717, 1.165) is 52.8 Å². The van der Waals surface area contributed by atoms with Crippen molar-refractivity contribution in [3.63, 3.8) is 0 Å². The van der Waals surface area contributed by atoms with E-state index in [2.05, 4.69) is 38.8 Å².